The Morgan fingerprint density at radius 3 is 2.31 bits per heavy atom. The minimum atomic E-state index is -0.575. The van der Waals surface area contributed by atoms with Crippen molar-refractivity contribution in [2.24, 2.45) is 17.6 Å². The first-order valence-electron chi connectivity index (χ1n) is 14.7. The van der Waals surface area contributed by atoms with Gasteiger partial charge >= 0.3 is 5.97 Å². The average Bonchev–Trinajstić information content (AvgIpc) is 3.62. The zero-order valence-corrected chi connectivity index (χ0v) is 24.3. The van der Waals surface area contributed by atoms with Gasteiger partial charge in [-0.05, 0) is 79.9 Å². The van der Waals surface area contributed by atoms with Crippen molar-refractivity contribution >= 4 is 11.9 Å². The van der Waals surface area contributed by atoms with E-state index in [4.69, 9.17) is 29.4 Å². The smallest absolute Gasteiger partial charge is 0.310 e. The largest absolute Gasteiger partial charge is 0.502 e. The number of carbonyl (C=O) groups is 2. The van der Waals surface area contributed by atoms with Gasteiger partial charge in [-0.2, -0.15) is 0 Å². The lowest BCUT2D eigenvalue weighted by molar-refractivity contribution is -0.141. The van der Waals surface area contributed by atoms with Gasteiger partial charge in [0.2, 0.25) is 18.4 Å². The summed E-state index contributed by atoms with van der Waals surface area (Å²) in [7, 11) is 2.92. The van der Waals surface area contributed by atoms with Gasteiger partial charge in [-0.15, -0.1) is 0 Å². The Morgan fingerprint density at radius 2 is 1.62 bits per heavy atom. The summed E-state index contributed by atoms with van der Waals surface area (Å²) in [5.74, 6) is -0.215. The van der Waals surface area contributed by atoms with Gasteiger partial charge in [0, 0.05) is 18.3 Å². The molecule has 1 amide bonds. The Morgan fingerprint density at radius 1 is 0.952 bits per heavy atom. The molecule has 0 aromatic heterocycles. The number of fused-ring (bicyclic) bond motifs is 3. The standard InChI is InChI=1S/C31H41N3O8/c1-38-24-12-18(13-25(39-2)30(24)36)27-19-14-22-23(42-17-41-22)15-20(19)29(21-16-40-31(37)28(21)27)34-26(35)8-5-3-4-6-10-33-11-7-9-32/h12-15,21,27-29,33,36H,3-11,16-17,32H2,1-2H3,(H,34,35)/t21-,27?,28?,29+/m0/s1. The molecule has 4 atom stereocenters. The van der Waals surface area contributed by atoms with Gasteiger partial charge < -0.3 is 45.2 Å². The maximum absolute atomic E-state index is 13.3. The van der Waals surface area contributed by atoms with E-state index in [1.54, 1.807) is 12.1 Å². The van der Waals surface area contributed by atoms with Gasteiger partial charge in [0.15, 0.2) is 23.0 Å². The number of nitrogens with two attached hydrogens (primary N) is 1. The third-order valence-electron chi connectivity index (χ3n) is 8.43. The number of cyclic esters (lactones) is 1. The monoisotopic (exact) mass is 583 g/mol. The first-order valence-corrected chi connectivity index (χ1v) is 14.7. The SMILES string of the molecule is COc1cc(C2c3cc4c(cc3[C@@H](NC(=O)CCCCCCNCCCN)[C@H]3COC(=O)C23)OCO4)cc(OC)c1O. The molecule has 1 aliphatic carbocycles. The van der Waals surface area contributed by atoms with E-state index in [-0.39, 0.29) is 48.4 Å². The Balaban J connectivity index is 1.38. The summed E-state index contributed by atoms with van der Waals surface area (Å²) in [6.07, 6.45) is 5.24. The summed E-state index contributed by atoms with van der Waals surface area (Å²) in [5, 5.41) is 17.2. The third kappa shape index (κ3) is 6.07. The lowest BCUT2D eigenvalue weighted by atomic mass is 9.65. The van der Waals surface area contributed by atoms with Gasteiger partial charge in [-0.1, -0.05) is 12.8 Å². The van der Waals surface area contributed by atoms with E-state index in [0.717, 1.165) is 61.9 Å². The van der Waals surface area contributed by atoms with Crippen molar-refractivity contribution in [3.63, 3.8) is 0 Å². The number of nitrogens with one attached hydrogen (secondary N) is 2. The van der Waals surface area contributed by atoms with Gasteiger partial charge in [0.25, 0.3) is 0 Å². The molecule has 0 spiro atoms. The predicted octanol–water partition coefficient (Wildman–Crippen LogP) is 3.12. The number of methoxy groups -OCH3 is 2. The van der Waals surface area contributed by atoms with Crippen molar-refractivity contribution in [3.8, 4) is 28.7 Å². The van der Waals surface area contributed by atoms with E-state index < -0.39 is 17.9 Å². The van der Waals surface area contributed by atoms with Crippen LogP contribution in [-0.2, 0) is 14.3 Å². The van der Waals surface area contributed by atoms with Crippen LogP contribution in [0.25, 0.3) is 0 Å². The molecule has 0 bridgehead atoms. The van der Waals surface area contributed by atoms with Crippen molar-refractivity contribution in [3.05, 3.63) is 41.0 Å². The van der Waals surface area contributed by atoms with Crippen LogP contribution in [0.5, 0.6) is 28.7 Å². The Bertz CT molecular complexity index is 1260. The van der Waals surface area contributed by atoms with Gasteiger partial charge in [-0.25, -0.2) is 0 Å². The Labute approximate surface area is 246 Å². The fraction of sp³-hybridized carbons (Fsp3) is 0.548. The number of aromatic hydroxyl groups is 1. The second kappa shape index (κ2) is 13.5. The van der Waals surface area contributed by atoms with E-state index in [0.29, 0.717) is 24.5 Å². The van der Waals surface area contributed by atoms with E-state index >= 15 is 0 Å². The number of hydrogen-bond donors (Lipinski definition) is 4. The molecule has 2 heterocycles. The highest BCUT2D eigenvalue weighted by Crippen LogP contribution is 2.55. The van der Waals surface area contributed by atoms with E-state index in [2.05, 4.69) is 10.6 Å². The van der Waals surface area contributed by atoms with Crippen LogP contribution in [0.3, 0.4) is 0 Å². The molecule has 2 aromatic rings. The molecule has 0 saturated carbocycles. The summed E-state index contributed by atoms with van der Waals surface area (Å²) < 4.78 is 27.9. The molecule has 1 fully saturated rings. The number of ether oxygens (including phenoxy) is 5. The number of phenols is 1. The molecule has 11 nitrogen and oxygen atoms in total. The first kappa shape index (κ1) is 29.8. The predicted molar refractivity (Wildman–Crippen MR) is 154 cm³/mol. The van der Waals surface area contributed by atoms with Crippen molar-refractivity contribution in [1.29, 1.82) is 0 Å². The second-order valence-corrected chi connectivity index (χ2v) is 11.0. The zero-order chi connectivity index (χ0) is 29.6. The lowest BCUT2D eigenvalue weighted by Crippen LogP contribution is -2.42. The fourth-order valence-corrected chi connectivity index (χ4v) is 6.33. The topological polar surface area (TPSA) is 151 Å². The quantitative estimate of drug-likeness (QED) is 0.193. The number of carbonyl (C=O) groups excluding carboxylic acids is 2. The highest BCUT2D eigenvalue weighted by molar-refractivity contribution is 5.81. The lowest BCUT2D eigenvalue weighted by Gasteiger charge is -2.39. The van der Waals surface area contributed by atoms with Crippen LogP contribution in [0.4, 0.5) is 0 Å². The second-order valence-electron chi connectivity index (χ2n) is 11.0. The van der Waals surface area contributed by atoms with E-state index in [1.165, 1.54) is 14.2 Å². The zero-order valence-electron chi connectivity index (χ0n) is 24.3. The van der Waals surface area contributed by atoms with Crippen molar-refractivity contribution in [1.82, 2.24) is 10.6 Å². The van der Waals surface area contributed by atoms with Crippen molar-refractivity contribution in [2.75, 3.05) is 47.3 Å². The maximum Gasteiger partial charge on any atom is 0.310 e. The maximum atomic E-state index is 13.3. The number of amides is 1. The minimum absolute atomic E-state index is 0.0609. The number of phenolic OH excluding ortho intramolecular Hbond substituents is 1. The summed E-state index contributed by atoms with van der Waals surface area (Å²) in [5.41, 5.74) is 7.91. The van der Waals surface area contributed by atoms with Crippen molar-refractivity contribution < 1.29 is 38.4 Å². The molecule has 2 aliphatic heterocycles. The van der Waals surface area contributed by atoms with E-state index in [9.17, 15) is 14.7 Å². The highest BCUT2D eigenvalue weighted by Gasteiger charge is 2.53. The molecule has 2 unspecified atom stereocenters. The van der Waals surface area contributed by atoms with Crippen molar-refractivity contribution in [2.45, 2.75) is 50.5 Å². The number of hydrogen-bond acceptors (Lipinski definition) is 10. The summed E-state index contributed by atoms with van der Waals surface area (Å²) in [6.45, 7) is 2.86. The molecule has 1 saturated heterocycles. The number of unbranched alkanes of at least 4 members (excludes halogenated alkanes) is 3. The van der Waals surface area contributed by atoms with Crippen LogP contribution >= 0.6 is 0 Å². The number of benzene rings is 2. The fourth-order valence-electron chi connectivity index (χ4n) is 6.33. The Kier molecular flexibility index (Phi) is 9.58. The highest BCUT2D eigenvalue weighted by atomic mass is 16.7. The molecule has 5 N–H and O–H groups in total. The van der Waals surface area contributed by atoms with Gasteiger partial charge in [0.1, 0.15) is 0 Å². The molecule has 11 heteroatoms. The molecule has 2 aromatic carbocycles. The number of rotatable bonds is 14. The first-order chi connectivity index (χ1) is 20.5. The van der Waals surface area contributed by atoms with Gasteiger partial charge in [0.05, 0.1) is 32.8 Å². The molecule has 228 valence electrons. The van der Waals surface area contributed by atoms with Crippen LogP contribution in [0.2, 0.25) is 0 Å². The molecule has 3 aliphatic rings. The average molecular weight is 584 g/mol. The summed E-state index contributed by atoms with van der Waals surface area (Å²) >= 11 is 0. The van der Waals surface area contributed by atoms with Crippen LogP contribution < -0.4 is 35.3 Å². The normalized spacial score (nSPS) is 21.8. The summed E-state index contributed by atoms with van der Waals surface area (Å²) in [6, 6.07) is 6.78. The third-order valence-corrected chi connectivity index (χ3v) is 8.43. The van der Waals surface area contributed by atoms with Crippen LogP contribution in [0.1, 0.15) is 67.2 Å². The molecule has 42 heavy (non-hydrogen) atoms. The van der Waals surface area contributed by atoms with Gasteiger partial charge in [-0.3, -0.25) is 9.59 Å². The van der Waals surface area contributed by atoms with Crippen LogP contribution in [-0.4, -0.2) is 64.2 Å². The van der Waals surface area contributed by atoms with Crippen LogP contribution in [0.15, 0.2) is 24.3 Å². The summed E-state index contributed by atoms with van der Waals surface area (Å²) in [4.78, 5) is 26.5. The Hall–Kier alpha value is -3.70. The molecule has 5 rings (SSSR count). The van der Waals surface area contributed by atoms with Crippen LogP contribution in [0, 0.1) is 11.8 Å². The molecular weight excluding hydrogens is 542 g/mol. The molecule has 0 radical (unpaired) electrons. The number of esters is 1. The van der Waals surface area contributed by atoms with E-state index in [1.807, 2.05) is 12.1 Å². The minimum Gasteiger partial charge on any atom is -0.502 e. The molecular formula is C31H41N3O8.